The SMILES string of the molecule is Cc1nn(C(C)C)c(CC(C)O)c1[N+](=O)[O-]. The van der Waals surface area contributed by atoms with Crippen molar-refractivity contribution in [2.24, 2.45) is 0 Å². The molecule has 0 saturated carbocycles. The van der Waals surface area contributed by atoms with E-state index in [1.165, 1.54) is 0 Å². The number of hydrogen-bond acceptors (Lipinski definition) is 4. The van der Waals surface area contributed by atoms with Gasteiger partial charge in [0.05, 0.1) is 11.0 Å². The van der Waals surface area contributed by atoms with E-state index < -0.39 is 11.0 Å². The van der Waals surface area contributed by atoms with E-state index in [9.17, 15) is 15.2 Å². The van der Waals surface area contributed by atoms with Gasteiger partial charge in [-0.15, -0.1) is 0 Å². The molecule has 6 nitrogen and oxygen atoms in total. The van der Waals surface area contributed by atoms with Crippen LogP contribution in [0.4, 0.5) is 5.69 Å². The van der Waals surface area contributed by atoms with Crippen LogP contribution in [0.2, 0.25) is 0 Å². The second-order valence-electron chi connectivity index (χ2n) is 4.23. The molecule has 1 heterocycles. The van der Waals surface area contributed by atoms with E-state index in [1.807, 2.05) is 13.8 Å². The van der Waals surface area contributed by atoms with Gasteiger partial charge in [-0.3, -0.25) is 14.8 Å². The monoisotopic (exact) mass is 227 g/mol. The number of aryl methyl sites for hydroxylation is 1. The van der Waals surface area contributed by atoms with E-state index in [0.717, 1.165) is 0 Å². The zero-order valence-electron chi connectivity index (χ0n) is 9.97. The highest BCUT2D eigenvalue weighted by molar-refractivity contribution is 5.41. The van der Waals surface area contributed by atoms with Crippen molar-refractivity contribution < 1.29 is 10.0 Å². The Labute approximate surface area is 94.0 Å². The summed E-state index contributed by atoms with van der Waals surface area (Å²) in [6, 6.07) is 0.0427. The summed E-state index contributed by atoms with van der Waals surface area (Å²) in [5, 5.41) is 24.4. The van der Waals surface area contributed by atoms with Crippen molar-refractivity contribution in [2.75, 3.05) is 0 Å². The first kappa shape index (κ1) is 12.6. The predicted octanol–water partition coefficient (Wildman–Crippen LogP) is 1.60. The van der Waals surface area contributed by atoms with Crippen LogP contribution in [0.5, 0.6) is 0 Å². The quantitative estimate of drug-likeness (QED) is 0.625. The molecule has 0 aromatic carbocycles. The molecule has 16 heavy (non-hydrogen) atoms. The Hall–Kier alpha value is -1.43. The normalized spacial score (nSPS) is 13.1. The molecule has 1 N–H and O–H groups in total. The molecule has 1 unspecified atom stereocenters. The smallest absolute Gasteiger partial charge is 0.313 e. The van der Waals surface area contributed by atoms with Gasteiger partial charge in [-0.2, -0.15) is 5.10 Å². The van der Waals surface area contributed by atoms with E-state index in [0.29, 0.717) is 11.4 Å². The maximum atomic E-state index is 10.9. The zero-order chi connectivity index (χ0) is 12.5. The summed E-state index contributed by atoms with van der Waals surface area (Å²) < 4.78 is 1.61. The standard InChI is InChI=1S/C10H17N3O3/c1-6(2)12-9(5-7(3)14)10(13(15)16)8(4)11-12/h6-7,14H,5H2,1-4H3. The lowest BCUT2D eigenvalue weighted by Crippen LogP contribution is -2.14. The molecule has 0 radical (unpaired) electrons. The molecule has 0 saturated heterocycles. The summed E-state index contributed by atoms with van der Waals surface area (Å²) in [5.41, 5.74) is 0.913. The van der Waals surface area contributed by atoms with Gasteiger partial charge in [0.2, 0.25) is 0 Å². The van der Waals surface area contributed by atoms with E-state index in [1.54, 1.807) is 18.5 Å². The van der Waals surface area contributed by atoms with E-state index in [-0.39, 0.29) is 18.2 Å². The number of aliphatic hydroxyl groups is 1. The molecule has 0 bridgehead atoms. The van der Waals surface area contributed by atoms with Gasteiger partial charge in [-0.25, -0.2) is 0 Å². The van der Waals surface area contributed by atoms with Gasteiger partial charge in [-0.05, 0) is 27.7 Å². The van der Waals surface area contributed by atoms with Crippen LogP contribution in [0, 0.1) is 17.0 Å². The molecule has 6 heteroatoms. The third-order valence-corrected chi connectivity index (χ3v) is 2.31. The van der Waals surface area contributed by atoms with Gasteiger partial charge in [-0.1, -0.05) is 0 Å². The molecule has 1 rings (SSSR count). The highest BCUT2D eigenvalue weighted by atomic mass is 16.6. The first-order valence-corrected chi connectivity index (χ1v) is 5.25. The summed E-state index contributed by atoms with van der Waals surface area (Å²) >= 11 is 0. The van der Waals surface area contributed by atoms with Gasteiger partial charge >= 0.3 is 5.69 Å². The number of nitro groups is 1. The third-order valence-electron chi connectivity index (χ3n) is 2.31. The van der Waals surface area contributed by atoms with Crippen LogP contribution in [0.25, 0.3) is 0 Å². The average Bonchev–Trinajstić information content (AvgIpc) is 2.41. The molecule has 1 aromatic heterocycles. The van der Waals surface area contributed by atoms with Crippen LogP contribution in [0.1, 0.15) is 38.2 Å². The van der Waals surface area contributed by atoms with Crippen LogP contribution in [-0.4, -0.2) is 25.9 Å². The van der Waals surface area contributed by atoms with Crippen LogP contribution in [-0.2, 0) is 6.42 Å². The zero-order valence-corrected chi connectivity index (χ0v) is 9.97. The number of hydrogen-bond donors (Lipinski definition) is 1. The Morgan fingerprint density at radius 2 is 2.06 bits per heavy atom. The first-order chi connectivity index (χ1) is 7.34. The summed E-state index contributed by atoms with van der Waals surface area (Å²) in [5.74, 6) is 0. The van der Waals surface area contributed by atoms with Crippen molar-refractivity contribution in [3.8, 4) is 0 Å². The fraction of sp³-hybridized carbons (Fsp3) is 0.700. The first-order valence-electron chi connectivity index (χ1n) is 5.25. The topological polar surface area (TPSA) is 81.2 Å². The van der Waals surface area contributed by atoms with Gasteiger partial charge < -0.3 is 5.11 Å². The Bertz CT molecular complexity index is 396. The highest BCUT2D eigenvalue weighted by Gasteiger charge is 2.26. The summed E-state index contributed by atoms with van der Waals surface area (Å²) in [6.07, 6.45) is -0.373. The van der Waals surface area contributed by atoms with E-state index >= 15 is 0 Å². The summed E-state index contributed by atoms with van der Waals surface area (Å²) in [7, 11) is 0. The maximum absolute atomic E-state index is 10.9. The van der Waals surface area contributed by atoms with Crippen molar-refractivity contribution in [1.29, 1.82) is 0 Å². The number of rotatable bonds is 4. The number of aromatic nitrogens is 2. The highest BCUT2D eigenvalue weighted by Crippen LogP contribution is 2.26. The lowest BCUT2D eigenvalue weighted by molar-refractivity contribution is -0.386. The van der Waals surface area contributed by atoms with Crippen molar-refractivity contribution >= 4 is 5.69 Å². The van der Waals surface area contributed by atoms with Crippen molar-refractivity contribution in [1.82, 2.24) is 9.78 Å². The second-order valence-corrected chi connectivity index (χ2v) is 4.23. The molecule has 0 fully saturated rings. The van der Waals surface area contributed by atoms with E-state index in [4.69, 9.17) is 0 Å². The maximum Gasteiger partial charge on any atom is 0.313 e. The molecule has 90 valence electrons. The van der Waals surface area contributed by atoms with Crippen molar-refractivity contribution in [3.05, 3.63) is 21.5 Å². The Balaban J connectivity index is 3.31. The molecule has 0 aliphatic carbocycles. The third kappa shape index (κ3) is 2.38. The van der Waals surface area contributed by atoms with Crippen LogP contribution in [0.3, 0.4) is 0 Å². The average molecular weight is 227 g/mol. The lowest BCUT2D eigenvalue weighted by atomic mass is 10.1. The fourth-order valence-electron chi connectivity index (χ4n) is 1.72. The van der Waals surface area contributed by atoms with Crippen molar-refractivity contribution in [3.63, 3.8) is 0 Å². The number of aliphatic hydroxyl groups excluding tert-OH is 1. The van der Waals surface area contributed by atoms with Gasteiger partial charge in [0.25, 0.3) is 0 Å². The van der Waals surface area contributed by atoms with Crippen molar-refractivity contribution in [2.45, 2.75) is 46.3 Å². The largest absolute Gasteiger partial charge is 0.393 e. The number of nitrogens with zero attached hydrogens (tertiary/aromatic N) is 3. The van der Waals surface area contributed by atoms with E-state index in [2.05, 4.69) is 5.10 Å². The molecule has 0 spiro atoms. The molecule has 1 atom stereocenters. The summed E-state index contributed by atoms with van der Waals surface area (Å²) in [6.45, 7) is 7.03. The molecule has 1 aromatic rings. The Morgan fingerprint density at radius 3 is 2.44 bits per heavy atom. The van der Waals surface area contributed by atoms with Crippen LogP contribution < -0.4 is 0 Å². The van der Waals surface area contributed by atoms with Crippen LogP contribution in [0.15, 0.2) is 0 Å². The molecule has 0 aliphatic heterocycles. The summed E-state index contributed by atoms with van der Waals surface area (Å²) in [4.78, 5) is 10.5. The van der Waals surface area contributed by atoms with Gasteiger partial charge in [0, 0.05) is 12.5 Å². The minimum Gasteiger partial charge on any atom is -0.393 e. The Kier molecular flexibility index (Phi) is 3.64. The molecular weight excluding hydrogens is 210 g/mol. The van der Waals surface area contributed by atoms with Crippen LogP contribution >= 0.6 is 0 Å². The minimum absolute atomic E-state index is 0.0228. The van der Waals surface area contributed by atoms with Gasteiger partial charge in [0.1, 0.15) is 11.4 Å². The predicted molar refractivity (Wildman–Crippen MR) is 59.4 cm³/mol. The fourth-order valence-corrected chi connectivity index (χ4v) is 1.72. The molecular formula is C10H17N3O3. The Morgan fingerprint density at radius 1 is 1.50 bits per heavy atom. The minimum atomic E-state index is -0.618. The molecule has 0 amide bonds. The lowest BCUT2D eigenvalue weighted by Gasteiger charge is -2.11. The van der Waals surface area contributed by atoms with Gasteiger partial charge in [0.15, 0.2) is 0 Å². The second kappa shape index (κ2) is 4.61. The molecule has 0 aliphatic rings.